The summed E-state index contributed by atoms with van der Waals surface area (Å²) < 4.78 is 6.19. The van der Waals surface area contributed by atoms with Crippen molar-refractivity contribution in [1.29, 1.82) is 0 Å². The van der Waals surface area contributed by atoms with Gasteiger partial charge in [-0.1, -0.05) is 45.8 Å². The van der Waals surface area contributed by atoms with Crippen molar-refractivity contribution in [1.82, 2.24) is 0 Å². The van der Waals surface area contributed by atoms with Gasteiger partial charge in [-0.25, -0.2) is 9.79 Å². The summed E-state index contributed by atoms with van der Waals surface area (Å²) in [6.45, 7) is 2.02. The second-order valence-corrected chi connectivity index (χ2v) is 5.67. The summed E-state index contributed by atoms with van der Waals surface area (Å²) in [6, 6.07) is 15.3. The number of carbonyl (C=O) groups excluding carboxylic acids is 1. The highest BCUT2D eigenvalue weighted by Crippen LogP contribution is 2.20. The van der Waals surface area contributed by atoms with Crippen LogP contribution in [0, 0.1) is 6.92 Å². The maximum atomic E-state index is 11.9. The van der Waals surface area contributed by atoms with Crippen molar-refractivity contribution in [2.45, 2.75) is 6.92 Å². The van der Waals surface area contributed by atoms with Crippen LogP contribution in [0.15, 0.2) is 63.7 Å². The Hall–Kier alpha value is -2.20. The van der Waals surface area contributed by atoms with E-state index in [2.05, 4.69) is 20.9 Å². The van der Waals surface area contributed by atoms with Gasteiger partial charge in [0, 0.05) is 10.0 Å². The first-order valence-electron chi connectivity index (χ1n) is 6.47. The molecule has 3 nitrogen and oxygen atoms in total. The molecule has 0 bridgehead atoms. The maximum absolute atomic E-state index is 11.9. The monoisotopic (exact) mass is 341 g/mol. The number of halogens is 1. The molecule has 0 N–H and O–H groups in total. The van der Waals surface area contributed by atoms with Crippen LogP contribution in [0.3, 0.4) is 0 Å². The lowest BCUT2D eigenvalue weighted by atomic mass is 10.1. The highest BCUT2D eigenvalue weighted by atomic mass is 79.9. The lowest BCUT2D eigenvalue weighted by molar-refractivity contribution is -0.129. The molecule has 0 saturated carbocycles. The number of hydrogen-bond acceptors (Lipinski definition) is 3. The standard InChI is InChI=1S/C17H12BrNO2/c1-11-2-4-12(5-3-11)10-15-17(20)21-16(19-15)13-6-8-14(18)9-7-13/h2-10H,1H3/b15-10+. The Labute approximate surface area is 131 Å². The molecule has 21 heavy (non-hydrogen) atoms. The molecule has 0 atom stereocenters. The van der Waals surface area contributed by atoms with Crippen molar-refractivity contribution in [3.8, 4) is 0 Å². The number of esters is 1. The minimum atomic E-state index is -0.423. The molecule has 0 amide bonds. The van der Waals surface area contributed by atoms with Gasteiger partial charge in [0.2, 0.25) is 5.90 Å². The third kappa shape index (κ3) is 3.11. The first-order valence-corrected chi connectivity index (χ1v) is 7.26. The Bertz CT molecular complexity index is 743. The fourth-order valence-corrected chi connectivity index (χ4v) is 2.21. The Morgan fingerprint density at radius 1 is 1.05 bits per heavy atom. The molecule has 0 radical (unpaired) electrons. The number of ether oxygens (including phenoxy) is 1. The molecule has 0 fully saturated rings. The van der Waals surface area contributed by atoms with Crippen molar-refractivity contribution < 1.29 is 9.53 Å². The predicted molar refractivity (Wildman–Crippen MR) is 85.9 cm³/mol. The molecule has 3 rings (SSSR count). The topological polar surface area (TPSA) is 38.7 Å². The molecular weight excluding hydrogens is 330 g/mol. The van der Waals surface area contributed by atoms with Gasteiger partial charge in [0.05, 0.1) is 0 Å². The zero-order chi connectivity index (χ0) is 14.8. The number of benzene rings is 2. The highest BCUT2D eigenvalue weighted by Gasteiger charge is 2.23. The minimum absolute atomic E-state index is 0.316. The number of carbonyl (C=O) groups is 1. The second kappa shape index (κ2) is 5.66. The van der Waals surface area contributed by atoms with Crippen molar-refractivity contribution in [3.63, 3.8) is 0 Å². The quantitative estimate of drug-likeness (QED) is 0.609. The Morgan fingerprint density at radius 3 is 2.38 bits per heavy atom. The molecule has 1 aliphatic rings. The predicted octanol–water partition coefficient (Wildman–Crippen LogP) is 4.10. The van der Waals surface area contributed by atoms with E-state index in [0.29, 0.717) is 11.6 Å². The number of hydrogen-bond donors (Lipinski definition) is 0. The zero-order valence-electron chi connectivity index (χ0n) is 11.3. The Morgan fingerprint density at radius 2 is 1.71 bits per heavy atom. The van der Waals surface area contributed by atoms with Gasteiger partial charge >= 0.3 is 5.97 Å². The van der Waals surface area contributed by atoms with E-state index in [1.807, 2.05) is 55.5 Å². The summed E-state index contributed by atoms with van der Waals surface area (Å²) in [4.78, 5) is 16.2. The van der Waals surface area contributed by atoms with Crippen LogP contribution in [0.2, 0.25) is 0 Å². The van der Waals surface area contributed by atoms with Crippen molar-refractivity contribution >= 4 is 33.9 Å². The molecule has 2 aromatic rings. The zero-order valence-corrected chi connectivity index (χ0v) is 12.9. The van der Waals surface area contributed by atoms with E-state index in [1.165, 1.54) is 5.56 Å². The summed E-state index contributed by atoms with van der Waals surface area (Å²) in [5.41, 5.74) is 3.19. The summed E-state index contributed by atoms with van der Waals surface area (Å²) in [6.07, 6.45) is 1.73. The molecule has 0 spiro atoms. The molecule has 1 heterocycles. The van der Waals surface area contributed by atoms with Crippen LogP contribution in [0.5, 0.6) is 0 Å². The fourth-order valence-electron chi connectivity index (χ4n) is 1.95. The van der Waals surface area contributed by atoms with Crippen molar-refractivity contribution in [2.75, 3.05) is 0 Å². The molecule has 1 aliphatic heterocycles. The number of nitrogens with zero attached hydrogens (tertiary/aromatic N) is 1. The van der Waals surface area contributed by atoms with Crippen molar-refractivity contribution in [3.05, 3.63) is 75.4 Å². The van der Waals surface area contributed by atoms with Gasteiger partial charge in [0.1, 0.15) is 0 Å². The van der Waals surface area contributed by atoms with Crippen LogP contribution in [-0.4, -0.2) is 11.9 Å². The third-order valence-corrected chi connectivity index (χ3v) is 3.62. The van der Waals surface area contributed by atoms with Gasteiger partial charge in [-0.3, -0.25) is 0 Å². The van der Waals surface area contributed by atoms with E-state index >= 15 is 0 Å². The maximum Gasteiger partial charge on any atom is 0.363 e. The van der Waals surface area contributed by atoms with Crippen LogP contribution in [0.25, 0.3) is 6.08 Å². The van der Waals surface area contributed by atoms with Gasteiger partial charge in [0.25, 0.3) is 0 Å². The molecule has 0 aliphatic carbocycles. The van der Waals surface area contributed by atoms with Crippen LogP contribution in [-0.2, 0) is 9.53 Å². The average molecular weight is 342 g/mol. The molecule has 104 valence electrons. The lowest BCUT2D eigenvalue weighted by Gasteiger charge is -1.98. The molecule has 0 aromatic heterocycles. The van der Waals surface area contributed by atoms with E-state index in [1.54, 1.807) is 6.08 Å². The van der Waals surface area contributed by atoms with E-state index in [-0.39, 0.29) is 0 Å². The largest absolute Gasteiger partial charge is 0.402 e. The van der Waals surface area contributed by atoms with Crippen LogP contribution in [0.1, 0.15) is 16.7 Å². The lowest BCUT2D eigenvalue weighted by Crippen LogP contribution is -2.05. The van der Waals surface area contributed by atoms with E-state index in [4.69, 9.17) is 4.74 Å². The average Bonchev–Trinajstić information content (AvgIpc) is 2.83. The molecular formula is C17H12BrNO2. The van der Waals surface area contributed by atoms with E-state index in [9.17, 15) is 4.79 Å². The summed E-state index contributed by atoms with van der Waals surface area (Å²) >= 11 is 3.37. The molecule has 4 heteroatoms. The molecule has 0 unspecified atom stereocenters. The minimum Gasteiger partial charge on any atom is -0.402 e. The normalized spacial score (nSPS) is 16.0. The van der Waals surface area contributed by atoms with Gasteiger partial charge < -0.3 is 4.74 Å². The van der Waals surface area contributed by atoms with Crippen molar-refractivity contribution in [2.24, 2.45) is 4.99 Å². The van der Waals surface area contributed by atoms with E-state index in [0.717, 1.165) is 15.6 Å². The molecule has 0 saturated heterocycles. The first-order chi connectivity index (χ1) is 10.1. The summed E-state index contributed by atoms with van der Waals surface area (Å²) in [7, 11) is 0. The van der Waals surface area contributed by atoms with Crippen LogP contribution < -0.4 is 0 Å². The highest BCUT2D eigenvalue weighted by molar-refractivity contribution is 9.10. The smallest absolute Gasteiger partial charge is 0.363 e. The number of aliphatic imine (C=N–C) groups is 1. The van der Waals surface area contributed by atoms with Crippen LogP contribution in [0.4, 0.5) is 0 Å². The Kier molecular flexibility index (Phi) is 3.71. The Balaban J connectivity index is 1.91. The molecule has 2 aromatic carbocycles. The number of aryl methyl sites for hydroxylation is 1. The summed E-state index contributed by atoms with van der Waals surface area (Å²) in [5.74, 6) is -0.0839. The fraction of sp³-hybridized carbons (Fsp3) is 0.0588. The number of cyclic esters (lactones) is 1. The first kappa shape index (κ1) is 13.8. The van der Waals surface area contributed by atoms with E-state index < -0.39 is 5.97 Å². The number of rotatable bonds is 2. The third-order valence-electron chi connectivity index (χ3n) is 3.09. The van der Waals surface area contributed by atoms with Gasteiger partial charge in [-0.15, -0.1) is 0 Å². The van der Waals surface area contributed by atoms with Gasteiger partial charge in [0.15, 0.2) is 5.70 Å². The summed E-state index contributed by atoms with van der Waals surface area (Å²) in [5, 5.41) is 0. The van der Waals surface area contributed by atoms with Gasteiger partial charge in [-0.2, -0.15) is 0 Å². The van der Waals surface area contributed by atoms with Gasteiger partial charge in [-0.05, 0) is 42.8 Å². The SMILES string of the molecule is Cc1ccc(/C=C2/N=C(c3ccc(Br)cc3)OC2=O)cc1. The van der Waals surface area contributed by atoms with Crippen LogP contribution >= 0.6 is 15.9 Å². The second-order valence-electron chi connectivity index (χ2n) is 4.75.